The predicted octanol–water partition coefficient (Wildman–Crippen LogP) is 6.17. The third kappa shape index (κ3) is 7.39. The van der Waals surface area contributed by atoms with Crippen molar-refractivity contribution in [2.75, 3.05) is 5.75 Å². The molecule has 1 fully saturated rings. The Kier molecular flexibility index (Phi) is 9.29. The van der Waals surface area contributed by atoms with E-state index in [-0.39, 0.29) is 30.4 Å². The number of aliphatic hydroxyl groups is 1. The number of aromatic nitrogens is 5. The smallest absolute Gasteiger partial charge is 0.271 e. The molecule has 1 saturated heterocycles. The molecule has 3 unspecified atom stereocenters. The topological polar surface area (TPSA) is 135 Å². The molecular weight excluding hydrogens is 613 g/mol. The van der Waals surface area contributed by atoms with E-state index in [0.29, 0.717) is 24.2 Å². The number of thioether (sulfide) groups is 1. The van der Waals surface area contributed by atoms with Gasteiger partial charge in [0.25, 0.3) is 5.91 Å². The highest BCUT2D eigenvalue weighted by atomic mass is 32.2. The van der Waals surface area contributed by atoms with Gasteiger partial charge in [0.15, 0.2) is 11.4 Å². The SMILES string of the molecule is O=C(NCc1cccc(-c2cccc(C3OC(CSc4ncn[nH]4)CC(c4ccc(CO)cc4)O3)c2)c1)c1cnc2ccccc2n1. The minimum atomic E-state index is -0.586. The second-order valence-electron chi connectivity index (χ2n) is 11.2. The summed E-state index contributed by atoms with van der Waals surface area (Å²) in [5, 5.41) is 20.1. The Hall–Kier alpha value is -4.94. The maximum absolute atomic E-state index is 12.9. The standard InChI is InChI=1S/C36H32N6O4S/c43-20-23-11-13-25(14-12-23)33-17-29(21-47-36-39-22-40-42-36)45-35(46-33)28-8-4-7-27(16-28)26-6-3-5-24(15-26)18-38-34(44)32-19-37-30-9-1-2-10-31(30)41-32/h1-16,19,22,29,33,35,43H,17-18,20-21H2,(H,38,44)(H,39,40,42). The van der Waals surface area contributed by atoms with Gasteiger partial charge in [-0.15, -0.1) is 0 Å². The molecule has 4 aromatic carbocycles. The number of carbonyl (C=O) groups is 1. The van der Waals surface area contributed by atoms with E-state index >= 15 is 0 Å². The largest absolute Gasteiger partial charge is 0.392 e. The Morgan fingerprint density at radius 3 is 2.49 bits per heavy atom. The molecular formula is C36H32N6O4S. The molecule has 3 N–H and O–H groups in total. The Bertz CT molecular complexity index is 1970. The van der Waals surface area contributed by atoms with Crippen LogP contribution in [0.1, 0.15) is 51.6 Å². The molecule has 1 aliphatic heterocycles. The van der Waals surface area contributed by atoms with E-state index in [1.165, 1.54) is 12.5 Å². The van der Waals surface area contributed by atoms with Crippen molar-refractivity contribution in [1.29, 1.82) is 0 Å². The molecule has 0 saturated carbocycles. The first kappa shape index (κ1) is 30.7. The molecule has 0 spiro atoms. The maximum Gasteiger partial charge on any atom is 0.271 e. The Morgan fingerprint density at radius 1 is 0.872 bits per heavy atom. The van der Waals surface area contributed by atoms with Gasteiger partial charge in [-0.2, -0.15) is 5.10 Å². The van der Waals surface area contributed by atoms with E-state index in [9.17, 15) is 9.90 Å². The van der Waals surface area contributed by atoms with Crippen LogP contribution in [0.15, 0.2) is 115 Å². The number of nitrogens with zero attached hydrogens (tertiary/aromatic N) is 4. The summed E-state index contributed by atoms with van der Waals surface area (Å²) >= 11 is 1.56. The molecule has 0 radical (unpaired) electrons. The summed E-state index contributed by atoms with van der Waals surface area (Å²) in [4.78, 5) is 25.9. The lowest BCUT2D eigenvalue weighted by molar-refractivity contribution is -0.245. The number of fused-ring (bicyclic) bond motifs is 1. The zero-order chi connectivity index (χ0) is 32.0. The number of carbonyl (C=O) groups excluding carboxylic acids is 1. The van der Waals surface area contributed by atoms with Crippen molar-refractivity contribution >= 4 is 28.7 Å². The van der Waals surface area contributed by atoms with Gasteiger partial charge in [-0.25, -0.2) is 9.97 Å². The van der Waals surface area contributed by atoms with Gasteiger partial charge in [0.2, 0.25) is 0 Å². The van der Waals surface area contributed by atoms with E-state index in [1.807, 2.05) is 78.9 Å². The summed E-state index contributed by atoms with van der Waals surface area (Å²) in [5.74, 6) is 0.400. The van der Waals surface area contributed by atoms with E-state index in [1.54, 1.807) is 11.8 Å². The van der Waals surface area contributed by atoms with Gasteiger partial charge in [0.05, 0.1) is 36.0 Å². The molecule has 11 heteroatoms. The number of nitrogens with one attached hydrogen (secondary N) is 2. The van der Waals surface area contributed by atoms with Gasteiger partial charge >= 0.3 is 0 Å². The molecule has 1 aliphatic rings. The Labute approximate surface area is 275 Å². The van der Waals surface area contributed by atoms with Crippen LogP contribution in [0.2, 0.25) is 0 Å². The molecule has 236 valence electrons. The first-order chi connectivity index (χ1) is 23.1. The molecule has 3 atom stereocenters. The van der Waals surface area contributed by atoms with Crippen LogP contribution < -0.4 is 5.32 Å². The number of amides is 1. The lowest BCUT2D eigenvalue weighted by Gasteiger charge is -2.36. The number of H-pyrrole nitrogens is 1. The van der Waals surface area contributed by atoms with Gasteiger partial charge in [-0.1, -0.05) is 84.6 Å². The van der Waals surface area contributed by atoms with Crippen LogP contribution in [0.4, 0.5) is 0 Å². The summed E-state index contributed by atoms with van der Waals surface area (Å²) in [7, 11) is 0. The van der Waals surface area contributed by atoms with E-state index < -0.39 is 6.29 Å². The van der Waals surface area contributed by atoms with Crippen molar-refractivity contribution < 1.29 is 19.4 Å². The molecule has 3 heterocycles. The number of benzene rings is 4. The fourth-order valence-electron chi connectivity index (χ4n) is 5.52. The summed E-state index contributed by atoms with van der Waals surface area (Å²) in [5.41, 5.74) is 7.46. The van der Waals surface area contributed by atoms with Gasteiger partial charge < -0.3 is 19.9 Å². The summed E-state index contributed by atoms with van der Waals surface area (Å²) in [6, 6.07) is 31.6. The van der Waals surface area contributed by atoms with Crippen molar-refractivity contribution in [3.8, 4) is 11.1 Å². The third-order valence-corrected chi connectivity index (χ3v) is 8.98. The average Bonchev–Trinajstić information content (AvgIpc) is 3.67. The van der Waals surface area contributed by atoms with Crippen LogP contribution in [0, 0.1) is 0 Å². The van der Waals surface area contributed by atoms with Crippen LogP contribution in [-0.2, 0) is 22.6 Å². The average molecular weight is 645 g/mol. The highest BCUT2D eigenvalue weighted by Gasteiger charge is 2.32. The molecule has 47 heavy (non-hydrogen) atoms. The maximum atomic E-state index is 12.9. The Balaban J connectivity index is 1.07. The minimum Gasteiger partial charge on any atom is -0.392 e. The van der Waals surface area contributed by atoms with Crippen LogP contribution >= 0.6 is 11.8 Å². The van der Waals surface area contributed by atoms with Crippen molar-refractivity contribution in [3.63, 3.8) is 0 Å². The van der Waals surface area contributed by atoms with Crippen molar-refractivity contribution in [2.45, 2.75) is 43.2 Å². The zero-order valence-electron chi connectivity index (χ0n) is 25.3. The predicted molar refractivity (Wildman–Crippen MR) is 178 cm³/mol. The van der Waals surface area contributed by atoms with Crippen molar-refractivity contribution in [3.05, 3.63) is 138 Å². The molecule has 1 amide bonds. The number of aliphatic hydroxyl groups excluding tert-OH is 1. The quantitative estimate of drug-likeness (QED) is 0.150. The minimum absolute atomic E-state index is 0.00646. The molecule has 2 aromatic heterocycles. The highest BCUT2D eigenvalue weighted by molar-refractivity contribution is 7.99. The number of para-hydroxylation sites is 2. The van der Waals surface area contributed by atoms with E-state index in [2.05, 4.69) is 48.7 Å². The van der Waals surface area contributed by atoms with Crippen LogP contribution in [0.3, 0.4) is 0 Å². The zero-order valence-corrected chi connectivity index (χ0v) is 26.1. The number of ether oxygens (including phenoxy) is 2. The molecule has 6 aromatic rings. The van der Waals surface area contributed by atoms with Gasteiger partial charge in [0, 0.05) is 24.3 Å². The summed E-state index contributed by atoms with van der Waals surface area (Å²) in [6.07, 6.45) is 2.79. The van der Waals surface area contributed by atoms with Gasteiger partial charge in [-0.3, -0.25) is 14.9 Å². The highest BCUT2D eigenvalue weighted by Crippen LogP contribution is 2.40. The Morgan fingerprint density at radius 2 is 1.68 bits per heavy atom. The molecule has 10 nitrogen and oxygen atoms in total. The van der Waals surface area contributed by atoms with E-state index in [0.717, 1.165) is 44.1 Å². The fourth-order valence-corrected chi connectivity index (χ4v) is 6.32. The molecule has 0 bridgehead atoms. The first-order valence-corrected chi connectivity index (χ1v) is 16.3. The third-order valence-electron chi connectivity index (χ3n) is 7.97. The first-order valence-electron chi connectivity index (χ1n) is 15.3. The van der Waals surface area contributed by atoms with Crippen molar-refractivity contribution in [2.24, 2.45) is 0 Å². The molecule has 7 rings (SSSR count). The lowest BCUT2D eigenvalue weighted by Crippen LogP contribution is -2.31. The van der Waals surface area contributed by atoms with E-state index in [4.69, 9.17) is 9.47 Å². The second-order valence-corrected chi connectivity index (χ2v) is 12.2. The number of hydrogen-bond donors (Lipinski definition) is 3. The van der Waals surface area contributed by atoms with Crippen molar-refractivity contribution in [1.82, 2.24) is 30.5 Å². The lowest BCUT2D eigenvalue weighted by atomic mass is 9.99. The van der Waals surface area contributed by atoms with Crippen LogP contribution in [0.25, 0.3) is 22.2 Å². The van der Waals surface area contributed by atoms with Crippen LogP contribution in [0.5, 0.6) is 0 Å². The fraction of sp³-hybridized carbons (Fsp3) is 0.194. The number of hydrogen-bond acceptors (Lipinski definition) is 9. The number of rotatable bonds is 10. The summed E-state index contributed by atoms with van der Waals surface area (Å²) in [6.45, 7) is 0.338. The molecule has 0 aliphatic carbocycles. The van der Waals surface area contributed by atoms with Crippen LogP contribution in [-0.4, -0.2) is 48.0 Å². The normalized spacial score (nSPS) is 17.9. The van der Waals surface area contributed by atoms with Gasteiger partial charge in [-0.05, 0) is 52.1 Å². The summed E-state index contributed by atoms with van der Waals surface area (Å²) < 4.78 is 13.1. The van der Waals surface area contributed by atoms with Gasteiger partial charge in [0.1, 0.15) is 12.0 Å². The second kappa shape index (κ2) is 14.2. The monoisotopic (exact) mass is 644 g/mol. The number of aromatic amines is 1.